The maximum absolute atomic E-state index is 5.48. The summed E-state index contributed by atoms with van der Waals surface area (Å²) < 4.78 is 5.48. The van der Waals surface area contributed by atoms with E-state index in [0.29, 0.717) is 12.1 Å². The average Bonchev–Trinajstić information content (AvgIpc) is 2.88. The van der Waals surface area contributed by atoms with Crippen LogP contribution >= 0.6 is 0 Å². The van der Waals surface area contributed by atoms with Gasteiger partial charge in [-0.1, -0.05) is 12.1 Å². The molecule has 1 aliphatic rings. The molecule has 5 nitrogen and oxygen atoms in total. The predicted octanol–water partition coefficient (Wildman–Crippen LogP) is 2.08. The molecule has 3 rings (SSSR count). The Morgan fingerprint density at radius 2 is 2.35 bits per heavy atom. The molecular formula is C15H22N4O. The van der Waals surface area contributed by atoms with Crippen molar-refractivity contribution < 1.29 is 4.74 Å². The molecule has 0 radical (unpaired) electrons. The van der Waals surface area contributed by atoms with E-state index in [1.165, 1.54) is 0 Å². The zero-order valence-corrected chi connectivity index (χ0v) is 12.1. The van der Waals surface area contributed by atoms with Crippen LogP contribution in [0.4, 0.5) is 5.95 Å². The summed E-state index contributed by atoms with van der Waals surface area (Å²) in [5.41, 5.74) is 2.07. The second-order valence-electron chi connectivity index (χ2n) is 5.49. The van der Waals surface area contributed by atoms with Gasteiger partial charge in [0.2, 0.25) is 5.95 Å². The Labute approximate surface area is 119 Å². The second kappa shape index (κ2) is 5.81. The smallest absolute Gasteiger partial charge is 0.201 e. The van der Waals surface area contributed by atoms with Crippen molar-refractivity contribution in [2.24, 2.45) is 0 Å². The molecule has 20 heavy (non-hydrogen) atoms. The highest BCUT2D eigenvalue weighted by atomic mass is 16.5. The number of anilines is 1. The maximum atomic E-state index is 5.48. The van der Waals surface area contributed by atoms with E-state index in [1.54, 1.807) is 0 Å². The number of morpholine rings is 1. The van der Waals surface area contributed by atoms with E-state index < -0.39 is 0 Å². The molecule has 1 aliphatic heterocycles. The molecule has 1 aromatic heterocycles. The van der Waals surface area contributed by atoms with Crippen molar-refractivity contribution in [2.45, 2.75) is 25.9 Å². The molecule has 0 saturated carbocycles. The lowest BCUT2D eigenvalue weighted by atomic mass is 10.2. The number of H-pyrrole nitrogens is 1. The van der Waals surface area contributed by atoms with E-state index in [0.717, 1.165) is 43.3 Å². The van der Waals surface area contributed by atoms with Crippen molar-refractivity contribution in [1.82, 2.24) is 14.9 Å². The Morgan fingerprint density at radius 3 is 3.15 bits per heavy atom. The summed E-state index contributed by atoms with van der Waals surface area (Å²) in [6.45, 7) is 8.01. The largest absolute Gasteiger partial charge is 0.379 e. The predicted molar refractivity (Wildman–Crippen MR) is 81.0 cm³/mol. The number of imidazole rings is 1. The topological polar surface area (TPSA) is 53.2 Å². The molecule has 1 fully saturated rings. The Balaban J connectivity index is 1.60. The lowest BCUT2D eigenvalue weighted by molar-refractivity contribution is -0.0159. The fourth-order valence-electron chi connectivity index (χ4n) is 2.79. The molecule has 5 heteroatoms. The van der Waals surface area contributed by atoms with Crippen molar-refractivity contribution in [1.29, 1.82) is 0 Å². The van der Waals surface area contributed by atoms with Crippen LogP contribution in [0.1, 0.15) is 13.8 Å². The van der Waals surface area contributed by atoms with Crippen LogP contribution in [-0.4, -0.2) is 53.3 Å². The minimum Gasteiger partial charge on any atom is -0.379 e. The molecule has 0 aliphatic carbocycles. The van der Waals surface area contributed by atoms with Crippen molar-refractivity contribution in [3.63, 3.8) is 0 Å². The minimum atomic E-state index is 0.460. The van der Waals surface area contributed by atoms with Gasteiger partial charge in [0.15, 0.2) is 0 Å². The van der Waals surface area contributed by atoms with Crippen LogP contribution in [0.2, 0.25) is 0 Å². The molecule has 2 heterocycles. The van der Waals surface area contributed by atoms with Gasteiger partial charge in [-0.25, -0.2) is 4.98 Å². The summed E-state index contributed by atoms with van der Waals surface area (Å²) in [6.07, 6.45) is 0. The number of benzene rings is 1. The van der Waals surface area contributed by atoms with Gasteiger partial charge in [-0.3, -0.25) is 4.90 Å². The Kier molecular flexibility index (Phi) is 3.89. The number of fused-ring (bicyclic) bond motifs is 1. The quantitative estimate of drug-likeness (QED) is 0.896. The van der Waals surface area contributed by atoms with Gasteiger partial charge in [0.05, 0.1) is 24.2 Å². The van der Waals surface area contributed by atoms with Crippen molar-refractivity contribution in [3.8, 4) is 0 Å². The molecule has 1 aromatic carbocycles. The zero-order valence-electron chi connectivity index (χ0n) is 12.1. The third kappa shape index (κ3) is 2.78. The number of ether oxygens (including phenoxy) is 1. The van der Waals surface area contributed by atoms with Crippen molar-refractivity contribution >= 4 is 17.0 Å². The number of nitrogens with zero attached hydrogens (tertiary/aromatic N) is 2. The Morgan fingerprint density at radius 1 is 1.50 bits per heavy atom. The Bertz CT molecular complexity index is 535. The second-order valence-corrected chi connectivity index (χ2v) is 5.49. The fraction of sp³-hybridized carbons (Fsp3) is 0.533. The van der Waals surface area contributed by atoms with Gasteiger partial charge in [0.1, 0.15) is 0 Å². The van der Waals surface area contributed by atoms with Crippen LogP contribution in [0.15, 0.2) is 24.3 Å². The number of para-hydroxylation sites is 2. The van der Waals surface area contributed by atoms with Crippen LogP contribution in [0.25, 0.3) is 11.0 Å². The van der Waals surface area contributed by atoms with E-state index in [1.807, 2.05) is 24.3 Å². The van der Waals surface area contributed by atoms with Crippen LogP contribution < -0.4 is 5.32 Å². The first-order valence-electron chi connectivity index (χ1n) is 7.26. The Hall–Kier alpha value is -1.59. The molecule has 2 unspecified atom stereocenters. The van der Waals surface area contributed by atoms with Gasteiger partial charge in [0, 0.05) is 25.2 Å². The standard InChI is InChI=1S/C15H22N4O/c1-11(19-7-8-20-10-12(19)2)9-16-15-17-13-5-3-4-6-14(13)18-15/h3-6,11-12H,7-10H2,1-2H3,(H2,16,17,18). The number of nitrogens with one attached hydrogen (secondary N) is 2. The SMILES string of the molecule is CC(CNc1nc2ccccc2[nH]1)N1CCOCC1C. The molecule has 108 valence electrons. The van der Waals surface area contributed by atoms with E-state index in [4.69, 9.17) is 4.74 Å². The molecule has 2 atom stereocenters. The average molecular weight is 274 g/mol. The molecule has 0 spiro atoms. The zero-order chi connectivity index (χ0) is 13.9. The third-order valence-electron chi connectivity index (χ3n) is 3.94. The monoisotopic (exact) mass is 274 g/mol. The lowest BCUT2D eigenvalue weighted by Gasteiger charge is -2.37. The minimum absolute atomic E-state index is 0.460. The number of hydrogen-bond donors (Lipinski definition) is 2. The van der Waals surface area contributed by atoms with Gasteiger partial charge in [-0.05, 0) is 26.0 Å². The normalized spacial score (nSPS) is 22.0. The van der Waals surface area contributed by atoms with Crippen molar-refractivity contribution in [3.05, 3.63) is 24.3 Å². The number of aromatic nitrogens is 2. The van der Waals surface area contributed by atoms with Crippen LogP contribution in [-0.2, 0) is 4.74 Å². The highest BCUT2D eigenvalue weighted by molar-refractivity contribution is 5.77. The highest BCUT2D eigenvalue weighted by Gasteiger charge is 2.23. The number of hydrogen-bond acceptors (Lipinski definition) is 4. The fourth-order valence-corrected chi connectivity index (χ4v) is 2.79. The van der Waals surface area contributed by atoms with E-state index >= 15 is 0 Å². The number of rotatable bonds is 4. The first kappa shape index (κ1) is 13.4. The van der Waals surface area contributed by atoms with Gasteiger partial charge < -0.3 is 15.0 Å². The summed E-state index contributed by atoms with van der Waals surface area (Å²) >= 11 is 0. The van der Waals surface area contributed by atoms with E-state index in [-0.39, 0.29) is 0 Å². The molecule has 0 bridgehead atoms. The lowest BCUT2D eigenvalue weighted by Crippen LogP contribution is -2.50. The summed E-state index contributed by atoms with van der Waals surface area (Å²) in [5.74, 6) is 0.846. The maximum Gasteiger partial charge on any atom is 0.201 e. The molecule has 2 N–H and O–H groups in total. The third-order valence-corrected chi connectivity index (χ3v) is 3.94. The summed E-state index contributed by atoms with van der Waals surface area (Å²) in [5, 5.41) is 3.40. The first-order chi connectivity index (χ1) is 9.74. The van der Waals surface area contributed by atoms with Crippen LogP contribution in [0.5, 0.6) is 0 Å². The van der Waals surface area contributed by atoms with Crippen molar-refractivity contribution in [2.75, 3.05) is 31.6 Å². The first-order valence-corrected chi connectivity index (χ1v) is 7.26. The van der Waals surface area contributed by atoms with Gasteiger partial charge in [-0.2, -0.15) is 0 Å². The highest BCUT2D eigenvalue weighted by Crippen LogP contribution is 2.15. The summed E-state index contributed by atoms with van der Waals surface area (Å²) in [4.78, 5) is 10.3. The van der Waals surface area contributed by atoms with Gasteiger partial charge >= 0.3 is 0 Å². The summed E-state index contributed by atoms with van der Waals surface area (Å²) in [7, 11) is 0. The number of aromatic amines is 1. The van der Waals surface area contributed by atoms with Crippen LogP contribution in [0.3, 0.4) is 0 Å². The molecule has 2 aromatic rings. The van der Waals surface area contributed by atoms with E-state index in [9.17, 15) is 0 Å². The molecule has 0 amide bonds. The van der Waals surface area contributed by atoms with Gasteiger partial charge in [0.25, 0.3) is 0 Å². The molecule has 1 saturated heterocycles. The van der Waals surface area contributed by atoms with Crippen LogP contribution in [0, 0.1) is 0 Å². The van der Waals surface area contributed by atoms with E-state index in [2.05, 4.69) is 34.0 Å². The van der Waals surface area contributed by atoms with Gasteiger partial charge in [-0.15, -0.1) is 0 Å². The molecular weight excluding hydrogens is 252 g/mol. The summed E-state index contributed by atoms with van der Waals surface area (Å²) in [6, 6.07) is 9.03.